The Bertz CT molecular complexity index is 405. The van der Waals surface area contributed by atoms with Crippen molar-refractivity contribution in [1.29, 1.82) is 0 Å². The summed E-state index contributed by atoms with van der Waals surface area (Å²) in [6.07, 6.45) is 5.30. The van der Waals surface area contributed by atoms with Crippen molar-refractivity contribution >= 4 is 0 Å². The molecule has 3 unspecified atom stereocenters. The Labute approximate surface area is 107 Å². The van der Waals surface area contributed by atoms with Crippen molar-refractivity contribution in [2.45, 2.75) is 45.1 Å². The minimum atomic E-state index is -0.780. The van der Waals surface area contributed by atoms with E-state index in [9.17, 15) is 8.78 Å². The van der Waals surface area contributed by atoms with E-state index in [1.807, 2.05) is 0 Å². The normalized spacial score (nSPS) is 28.3. The summed E-state index contributed by atoms with van der Waals surface area (Å²) in [4.78, 5) is 0. The first-order valence-electron chi connectivity index (χ1n) is 6.79. The molecule has 0 heterocycles. The molecule has 3 heteroatoms. The smallest absolute Gasteiger partial charge is 0.159 e. The quantitative estimate of drug-likeness (QED) is 0.874. The number of nitrogens with two attached hydrogens (primary N) is 1. The van der Waals surface area contributed by atoms with Crippen molar-refractivity contribution in [1.82, 2.24) is 0 Å². The Morgan fingerprint density at radius 2 is 2.00 bits per heavy atom. The second-order valence-electron chi connectivity index (χ2n) is 5.46. The van der Waals surface area contributed by atoms with Gasteiger partial charge in [-0.15, -0.1) is 0 Å². The molecule has 1 aliphatic rings. The van der Waals surface area contributed by atoms with Gasteiger partial charge in [-0.25, -0.2) is 8.78 Å². The van der Waals surface area contributed by atoms with Crippen LogP contribution in [0.25, 0.3) is 0 Å². The first kappa shape index (κ1) is 13.5. The van der Waals surface area contributed by atoms with E-state index in [1.54, 1.807) is 6.07 Å². The zero-order valence-corrected chi connectivity index (χ0v) is 10.8. The summed E-state index contributed by atoms with van der Waals surface area (Å²) in [6, 6.07) is 4.37. The molecule has 100 valence electrons. The second-order valence-corrected chi connectivity index (χ2v) is 5.46. The van der Waals surface area contributed by atoms with Gasteiger partial charge in [0.15, 0.2) is 11.6 Å². The zero-order chi connectivity index (χ0) is 13.1. The highest BCUT2D eigenvalue weighted by atomic mass is 19.2. The molecule has 0 aliphatic heterocycles. The monoisotopic (exact) mass is 253 g/mol. The van der Waals surface area contributed by atoms with Gasteiger partial charge in [0.05, 0.1) is 0 Å². The molecule has 1 fully saturated rings. The summed E-state index contributed by atoms with van der Waals surface area (Å²) in [5.74, 6) is -0.407. The third-order valence-corrected chi connectivity index (χ3v) is 4.21. The fourth-order valence-electron chi connectivity index (χ4n) is 2.96. The average Bonchev–Trinajstić information content (AvgIpc) is 2.36. The summed E-state index contributed by atoms with van der Waals surface area (Å²) in [7, 11) is 0. The molecule has 0 aromatic heterocycles. The van der Waals surface area contributed by atoms with Gasteiger partial charge in [0.2, 0.25) is 0 Å². The highest BCUT2D eigenvalue weighted by Crippen LogP contribution is 2.32. The lowest BCUT2D eigenvalue weighted by molar-refractivity contribution is 0.227. The molecule has 2 N–H and O–H groups in total. The topological polar surface area (TPSA) is 26.0 Å². The number of hydrogen-bond donors (Lipinski definition) is 1. The first-order chi connectivity index (χ1) is 8.60. The fourth-order valence-corrected chi connectivity index (χ4v) is 2.96. The van der Waals surface area contributed by atoms with E-state index in [0.717, 1.165) is 30.7 Å². The van der Waals surface area contributed by atoms with Crippen LogP contribution in [-0.2, 0) is 6.42 Å². The van der Waals surface area contributed by atoms with Crippen LogP contribution in [0.3, 0.4) is 0 Å². The van der Waals surface area contributed by atoms with Gasteiger partial charge in [0.25, 0.3) is 0 Å². The Kier molecular flexibility index (Phi) is 4.33. The predicted molar refractivity (Wildman–Crippen MR) is 69.2 cm³/mol. The van der Waals surface area contributed by atoms with E-state index < -0.39 is 11.6 Å². The van der Waals surface area contributed by atoms with Crippen molar-refractivity contribution in [3.05, 3.63) is 35.4 Å². The molecule has 1 aromatic rings. The molecule has 0 bridgehead atoms. The summed E-state index contributed by atoms with van der Waals surface area (Å²) in [5, 5.41) is 0. The van der Waals surface area contributed by atoms with Crippen molar-refractivity contribution in [2.75, 3.05) is 0 Å². The standard InChI is InChI=1S/C15H21F2N/c1-2-10-4-6-15(18)12(7-10)8-11-3-5-13(16)14(17)9-11/h3,5,9-10,12,15H,2,4,6-8,18H2,1H3. The predicted octanol–water partition coefficient (Wildman–Crippen LogP) is 3.66. The van der Waals surface area contributed by atoms with Crippen LogP contribution in [-0.4, -0.2) is 6.04 Å². The van der Waals surface area contributed by atoms with E-state index in [1.165, 1.54) is 25.0 Å². The van der Waals surface area contributed by atoms with Gasteiger partial charge >= 0.3 is 0 Å². The van der Waals surface area contributed by atoms with Gasteiger partial charge < -0.3 is 5.73 Å². The summed E-state index contributed by atoms with van der Waals surface area (Å²) in [6.45, 7) is 2.20. The molecule has 1 saturated carbocycles. The SMILES string of the molecule is CCC1CCC(N)C(Cc2ccc(F)c(F)c2)C1. The molecule has 1 aromatic carbocycles. The minimum Gasteiger partial charge on any atom is -0.327 e. The molecule has 18 heavy (non-hydrogen) atoms. The molecule has 0 amide bonds. The van der Waals surface area contributed by atoms with Crippen molar-refractivity contribution in [2.24, 2.45) is 17.6 Å². The van der Waals surface area contributed by atoms with Crippen LogP contribution >= 0.6 is 0 Å². The van der Waals surface area contributed by atoms with Crippen LogP contribution in [0.4, 0.5) is 8.78 Å². The maximum Gasteiger partial charge on any atom is 0.159 e. The third kappa shape index (κ3) is 3.08. The van der Waals surface area contributed by atoms with Crippen LogP contribution in [0, 0.1) is 23.5 Å². The largest absolute Gasteiger partial charge is 0.327 e. The lowest BCUT2D eigenvalue weighted by Gasteiger charge is -2.33. The number of halogens is 2. The molecule has 0 radical (unpaired) electrons. The van der Waals surface area contributed by atoms with E-state index in [4.69, 9.17) is 5.73 Å². The van der Waals surface area contributed by atoms with Gasteiger partial charge in [-0.3, -0.25) is 0 Å². The fraction of sp³-hybridized carbons (Fsp3) is 0.600. The van der Waals surface area contributed by atoms with Gasteiger partial charge in [0.1, 0.15) is 0 Å². The summed E-state index contributed by atoms with van der Waals surface area (Å²) in [5.41, 5.74) is 7.00. The minimum absolute atomic E-state index is 0.195. The Morgan fingerprint density at radius 3 is 2.67 bits per heavy atom. The van der Waals surface area contributed by atoms with Crippen LogP contribution < -0.4 is 5.73 Å². The molecular weight excluding hydrogens is 232 g/mol. The number of hydrogen-bond acceptors (Lipinski definition) is 1. The lowest BCUT2D eigenvalue weighted by atomic mass is 9.75. The van der Waals surface area contributed by atoms with Gasteiger partial charge in [-0.05, 0) is 55.2 Å². The molecule has 1 nitrogen and oxygen atoms in total. The molecule has 0 saturated heterocycles. The van der Waals surface area contributed by atoms with Crippen molar-refractivity contribution in [3.63, 3.8) is 0 Å². The molecule has 3 atom stereocenters. The maximum absolute atomic E-state index is 13.2. The molecule has 0 spiro atoms. The van der Waals surface area contributed by atoms with Gasteiger partial charge in [0, 0.05) is 6.04 Å². The van der Waals surface area contributed by atoms with Gasteiger partial charge in [-0.2, -0.15) is 0 Å². The van der Waals surface area contributed by atoms with E-state index in [2.05, 4.69) is 6.92 Å². The van der Waals surface area contributed by atoms with Gasteiger partial charge in [-0.1, -0.05) is 19.4 Å². The van der Waals surface area contributed by atoms with Crippen LogP contribution in [0.15, 0.2) is 18.2 Å². The lowest BCUT2D eigenvalue weighted by Crippen LogP contribution is -2.37. The number of rotatable bonds is 3. The van der Waals surface area contributed by atoms with Crippen molar-refractivity contribution in [3.8, 4) is 0 Å². The van der Waals surface area contributed by atoms with E-state index in [0.29, 0.717) is 5.92 Å². The molecule has 1 aliphatic carbocycles. The second kappa shape index (κ2) is 5.79. The van der Waals surface area contributed by atoms with E-state index in [-0.39, 0.29) is 6.04 Å². The Balaban J connectivity index is 2.04. The van der Waals surface area contributed by atoms with Crippen LogP contribution in [0.1, 0.15) is 38.2 Å². The molecular formula is C15H21F2N. The third-order valence-electron chi connectivity index (χ3n) is 4.21. The Morgan fingerprint density at radius 1 is 1.22 bits per heavy atom. The highest BCUT2D eigenvalue weighted by Gasteiger charge is 2.27. The number of benzene rings is 1. The summed E-state index contributed by atoms with van der Waals surface area (Å²) >= 11 is 0. The van der Waals surface area contributed by atoms with Crippen LogP contribution in [0.2, 0.25) is 0 Å². The zero-order valence-electron chi connectivity index (χ0n) is 10.8. The first-order valence-corrected chi connectivity index (χ1v) is 6.79. The molecule has 2 rings (SSSR count). The maximum atomic E-state index is 13.2. The highest BCUT2D eigenvalue weighted by molar-refractivity contribution is 5.18. The summed E-state index contributed by atoms with van der Waals surface area (Å²) < 4.78 is 26.0. The Hall–Kier alpha value is -0.960. The average molecular weight is 253 g/mol. The van der Waals surface area contributed by atoms with Crippen molar-refractivity contribution < 1.29 is 8.78 Å². The van der Waals surface area contributed by atoms with Crippen LogP contribution in [0.5, 0.6) is 0 Å². The van der Waals surface area contributed by atoms with E-state index >= 15 is 0 Å².